The summed E-state index contributed by atoms with van der Waals surface area (Å²) in [5, 5.41) is 4.44. The van der Waals surface area contributed by atoms with Crippen LogP contribution < -0.4 is 5.73 Å². The van der Waals surface area contributed by atoms with E-state index in [1.807, 2.05) is 13.0 Å². The van der Waals surface area contributed by atoms with E-state index in [-0.39, 0.29) is 6.42 Å². The van der Waals surface area contributed by atoms with Crippen LogP contribution in [0.2, 0.25) is 0 Å². The summed E-state index contributed by atoms with van der Waals surface area (Å²) >= 11 is 0. The molecule has 0 spiro atoms. The number of primary amides is 1. The van der Waals surface area contributed by atoms with Crippen molar-refractivity contribution in [3.05, 3.63) is 47.3 Å². The zero-order chi connectivity index (χ0) is 16.1. The molecule has 6 nitrogen and oxygen atoms in total. The normalized spacial score (nSPS) is 10.5. The van der Waals surface area contributed by atoms with E-state index in [2.05, 4.69) is 35.0 Å². The number of hydrogen-bond acceptors (Lipinski definition) is 4. The SMILES string of the molecule is CC(C)=CCCc1nc(CC(N)=O)nn1-c1ccncc1C. The number of pyridine rings is 1. The standard InChI is InChI=1S/C16H21N5O/c1-11(2)5-4-6-16-19-15(9-14(17)22)20-21(16)13-7-8-18-10-12(13)3/h5,7-8,10H,4,6,9H2,1-3H3,(H2,17,22). The molecular weight excluding hydrogens is 278 g/mol. The third-order valence-corrected chi connectivity index (χ3v) is 3.19. The molecule has 0 saturated heterocycles. The number of rotatable bonds is 6. The molecule has 0 aromatic carbocycles. The van der Waals surface area contributed by atoms with Crippen molar-refractivity contribution in [1.29, 1.82) is 0 Å². The Morgan fingerprint density at radius 2 is 2.18 bits per heavy atom. The number of carbonyl (C=O) groups excluding carboxylic acids is 1. The van der Waals surface area contributed by atoms with Crippen molar-refractivity contribution < 1.29 is 4.79 Å². The van der Waals surface area contributed by atoms with Crippen LogP contribution in [0, 0.1) is 6.92 Å². The van der Waals surface area contributed by atoms with Crippen LogP contribution >= 0.6 is 0 Å². The Kier molecular flexibility index (Phi) is 5.04. The van der Waals surface area contributed by atoms with Crippen LogP contribution in [0.3, 0.4) is 0 Å². The third kappa shape index (κ3) is 4.00. The van der Waals surface area contributed by atoms with Gasteiger partial charge in [0.2, 0.25) is 5.91 Å². The van der Waals surface area contributed by atoms with Crippen LogP contribution in [0.5, 0.6) is 0 Å². The molecular formula is C16H21N5O. The monoisotopic (exact) mass is 299 g/mol. The van der Waals surface area contributed by atoms with Crippen molar-refractivity contribution in [2.24, 2.45) is 5.73 Å². The van der Waals surface area contributed by atoms with E-state index in [1.54, 1.807) is 17.1 Å². The Morgan fingerprint density at radius 1 is 1.41 bits per heavy atom. The highest BCUT2D eigenvalue weighted by Crippen LogP contribution is 2.15. The molecule has 22 heavy (non-hydrogen) atoms. The summed E-state index contributed by atoms with van der Waals surface area (Å²) in [6.07, 6.45) is 7.33. The number of carbonyl (C=O) groups is 1. The Labute approximate surface area is 130 Å². The minimum atomic E-state index is -0.431. The molecule has 2 N–H and O–H groups in total. The summed E-state index contributed by atoms with van der Waals surface area (Å²) in [5.74, 6) is 0.846. The summed E-state index contributed by atoms with van der Waals surface area (Å²) in [7, 11) is 0. The van der Waals surface area contributed by atoms with Gasteiger partial charge in [0.05, 0.1) is 12.1 Å². The van der Waals surface area contributed by atoms with Crippen molar-refractivity contribution in [2.45, 2.75) is 40.0 Å². The summed E-state index contributed by atoms with van der Waals surface area (Å²) in [4.78, 5) is 19.7. The quantitative estimate of drug-likeness (QED) is 0.825. The maximum absolute atomic E-state index is 11.1. The Bertz CT molecular complexity index is 698. The summed E-state index contributed by atoms with van der Waals surface area (Å²) < 4.78 is 1.79. The fourth-order valence-electron chi connectivity index (χ4n) is 2.17. The average molecular weight is 299 g/mol. The molecule has 1 amide bonds. The maximum atomic E-state index is 11.1. The summed E-state index contributed by atoms with van der Waals surface area (Å²) in [6.45, 7) is 6.10. The van der Waals surface area contributed by atoms with Gasteiger partial charge < -0.3 is 5.73 Å². The van der Waals surface area contributed by atoms with Crippen molar-refractivity contribution >= 4 is 5.91 Å². The first kappa shape index (κ1) is 15.9. The Hall–Kier alpha value is -2.50. The van der Waals surface area contributed by atoms with Crippen LogP contribution in [0.15, 0.2) is 30.1 Å². The van der Waals surface area contributed by atoms with Crippen LogP contribution in [-0.2, 0) is 17.6 Å². The summed E-state index contributed by atoms with van der Waals surface area (Å²) in [5.41, 5.74) is 8.43. The van der Waals surface area contributed by atoms with E-state index in [0.29, 0.717) is 5.82 Å². The lowest BCUT2D eigenvalue weighted by molar-refractivity contribution is -0.117. The number of hydrogen-bond donors (Lipinski definition) is 1. The highest BCUT2D eigenvalue weighted by atomic mass is 16.1. The molecule has 2 aromatic rings. The predicted molar refractivity (Wildman–Crippen MR) is 84.5 cm³/mol. The van der Waals surface area contributed by atoms with E-state index in [4.69, 9.17) is 5.73 Å². The summed E-state index contributed by atoms with van der Waals surface area (Å²) in [6, 6.07) is 1.89. The molecule has 0 fully saturated rings. The molecule has 6 heteroatoms. The van der Waals surface area contributed by atoms with Gasteiger partial charge in [-0.05, 0) is 38.8 Å². The molecule has 0 radical (unpaired) electrons. The van der Waals surface area contributed by atoms with E-state index in [0.717, 1.165) is 29.9 Å². The molecule has 0 saturated carbocycles. The van der Waals surface area contributed by atoms with Crippen molar-refractivity contribution in [1.82, 2.24) is 19.7 Å². The molecule has 0 atom stereocenters. The van der Waals surface area contributed by atoms with Gasteiger partial charge in [0.1, 0.15) is 5.82 Å². The van der Waals surface area contributed by atoms with Crippen LogP contribution in [0.25, 0.3) is 5.69 Å². The molecule has 0 bridgehead atoms. The Balaban J connectivity index is 2.37. The van der Waals surface area contributed by atoms with Gasteiger partial charge in [-0.15, -0.1) is 0 Å². The van der Waals surface area contributed by atoms with Crippen molar-refractivity contribution in [2.75, 3.05) is 0 Å². The second kappa shape index (κ2) is 6.98. The van der Waals surface area contributed by atoms with Gasteiger partial charge >= 0.3 is 0 Å². The van der Waals surface area contributed by atoms with Gasteiger partial charge in [-0.1, -0.05) is 11.6 Å². The number of nitrogens with two attached hydrogens (primary N) is 1. The number of allylic oxidation sites excluding steroid dienone is 2. The van der Waals surface area contributed by atoms with Crippen molar-refractivity contribution in [3.8, 4) is 5.69 Å². The third-order valence-electron chi connectivity index (χ3n) is 3.19. The van der Waals surface area contributed by atoms with Gasteiger partial charge in [-0.2, -0.15) is 5.10 Å². The van der Waals surface area contributed by atoms with E-state index < -0.39 is 5.91 Å². The fraction of sp³-hybridized carbons (Fsp3) is 0.375. The predicted octanol–water partition coefficient (Wildman–Crippen LogP) is 1.90. The Morgan fingerprint density at radius 3 is 2.82 bits per heavy atom. The van der Waals surface area contributed by atoms with Gasteiger partial charge in [0.25, 0.3) is 0 Å². The fourth-order valence-corrected chi connectivity index (χ4v) is 2.17. The van der Waals surface area contributed by atoms with E-state index in [9.17, 15) is 4.79 Å². The molecule has 0 unspecified atom stereocenters. The minimum Gasteiger partial charge on any atom is -0.369 e. The average Bonchev–Trinajstić information content (AvgIpc) is 2.80. The second-order valence-electron chi connectivity index (χ2n) is 5.48. The molecule has 2 aromatic heterocycles. The topological polar surface area (TPSA) is 86.7 Å². The zero-order valence-electron chi connectivity index (χ0n) is 13.2. The first-order valence-electron chi connectivity index (χ1n) is 7.25. The van der Waals surface area contributed by atoms with Crippen LogP contribution in [0.4, 0.5) is 0 Å². The molecule has 2 rings (SSSR count). The number of aromatic nitrogens is 4. The second-order valence-corrected chi connectivity index (χ2v) is 5.48. The van der Waals surface area contributed by atoms with Crippen LogP contribution in [0.1, 0.15) is 37.5 Å². The highest BCUT2D eigenvalue weighted by Gasteiger charge is 2.14. The van der Waals surface area contributed by atoms with Gasteiger partial charge in [-0.3, -0.25) is 9.78 Å². The van der Waals surface area contributed by atoms with Crippen molar-refractivity contribution in [3.63, 3.8) is 0 Å². The number of nitrogens with zero attached hydrogens (tertiary/aromatic N) is 4. The number of amides is 1. The first-order valence-corrected chi connectivity index (χ1v) is 7.25. The lowest BCUT2D eigenvalue weighted by atomic mass is 10.2. The molecule has 0 aliphatic carbocycles. The smallest absolute Gasteiger partial charge is 0.225 e. The number of aryl methyl sites for hydroxylation is 2. The lowest BCUT2D eigenvalue weighted by Gasteiger charge is -2.07. The minimum absolute atomic E-state index is 0.0484. The molecule has 0 aliphatic heterocycles. The zero-order valence-corrected chi connectivity index (χ0v) is 13.2. The van der Waals surface area contributed by atoms with E-state index >= 15 is 0 Å². The molecule has 0 aliphatic rings. The van der Waals surface area contributed by atoms with Gasteiger partial charge in [-0.25, -0.2) is 9.67 Å². The first-order chi connectivity index (χ1) is 10.5. The van der Waals surface area contributed by atoms with Crippen LogP contribution in [-0.4, -0.2) is 25.7 Å². The highest BCUT2D eigenvalue weighted by molar-refractivity contribution is 5.75. The van der Waals surface area contributed by atoms with Gasteiger partial charge in [0.15, 0.2) is 5.82 Å². The maximum Gasteiger partial charge on any atom is 0.225 e. The lowest BCUT2D eigenvalue weighted by Crippen LogP contribution is -2.14. The molecule has 116 valence electrons. The van der Waals surface area contributed by atoms with E-state index in [1.165, 1.54) is 5.57 Å². The molecule has 2 heterocycles. The van der Waals surface area contributed by atoms with Gasteiger partial charge in [0, 0.05) is 18.8 Å². The largest absolute Gasteiger partial charge is 0.369 e.